The maximum Gasteiger partial charge on any atom is 0.125 e. The van der Waals surface area contributed by atoms with Crippen LogP contribution < -0.4 is 0 Å². The third kappa shape index (κ3) is 51.0. The van der Waals surface area contributed by atoms with Crippen LogP contribution in [0, 0.1) is 190 Å². The van der Waals surface area contributed by atoms with Crippen LogP contribution in [0.25, 0.3) is 21.5 Å². The van der Waals surface area contributed by atoms with Crippen LogP contribution >= 0.6 is 0 Å². The molecule has 0 aliphatic carbocycles. The molecule has 6 aromatic heterocycles. The molecule has 16 heteroatoms. The van der Waals surface area contributed by atoms with Crippen molar-refractivity contribution in [2.45, 2.75) is 249 Å². The fraction of sp³-hybridized carbons (Fsp3) is 0.429. The van der Waals surface area contributed by atoms with E-state index in [9.17, 15) is 0 Å². The summed E-state index contributed by atoms with van der Waals surface area (Å²) in [6.45, 7) is 72.8. The summed E-state index contributed by atoms with van der Waals surface area (Å²) in [6.07, 6.45) is 7.34. The van der Waals surface area contributed by atoms with Gasteiger partial charge in [-0.1, -0.05) is 225 Å². The molecule has 6 heterocycles. The quantitative estimate of drug-likeness (QED) is 0.138. The van der Waals surface area contributed by atoms with Gasteiger partial charge in [0.2, 0.25) is 0 Å². The van der Waals surface area contributed by atoms with Gasteiger partial charge in [0.05, 0.1) is 17.1 Å². The van der Waals surface area contributed by atoms with Gasteiger partial charge in [0, 0.05) is 215 Å². The largest absolute Gasteiger partial charge is 0.387 e. The molecule has 0 N–H and O–H groups in total. The van der Waals surface area contributed by atoms with Gasteiger partial charge in [-0.25, -0.2) is 21.6 Å². The molecule has 0 fully saturated rings. The van der Waals surface area contributed by atoms with Crippen molar-refractivity contribution in [1.29, 1.82) is 0 Å². The minimum atomic E-state index is 0. The van der Waals surface area contributed by atoms with Crippen LogP contribution in [-0.4, -0.2) is 39.9 Å². The fourth-order valence-corrected chi connectivity index (χ4v) is 7.77. The van der Waals surface area contributed by atoms with Crippen LogP contribution in [0.4, 0.5) is 0 Å². The molecule has 10 rings (SSSR count). The third-order valence-corrected chi connectivity index (χ3v) is 13.8. The molecule has 0 unspecified atom stereocenters. The Labute approximate surface area is 727 Å². The van der Waals surface area contributed by atoms with Gasteiger partial charge >= 0.3 is 0 Å². The first-order chi connectivity index (χ1) is 43.6. The van der Waals surface area contributed by atoms with E-state index in [1.807, 2.05) is 205 Å². The maximum atomic E-state index is 4.50. The first-order valence-corrected chi connectivity index (χ1v) is 33.3. The van der Waals surface area contributed by atoms with Crippen molar-refractivity contribution < 1.29 is 169 Å². The summed E-state index contributed by atoms with van der Waals surface area (Å²) >= 11 is 0. The summed E-state index contributed by atoms with van der Waals surface area (Å²) in [4.78, 5) is 33.5. The van der Waals surface area contributed by atoms with Crippen LogP contribution in [0.1, 0.15) is 218 Å². The van der Waals surface area contributed by atoms with Gasteiger partial charge in [0.25, 0.3) is 0 Å². The van der Waals surface area contributed by atoms with Crippen LogP contribution in [0.15, 0.2) is 97.6 Å². The first-order valence-electron chi connectivity index (χ1n) is 33.3. The van der Waals surface area contributed by atoms with E-state index < -0.39 is 0 Å². The average molecular weight is 2810 g/mol. The van der Waals surface area contributed by atoms with Gasteiger partial charge in [0.1, 0.15) is 5.82 Å². The number of nitrogens with zero attached hydrogens (tertiary/aromatic N) is 8. The van der Waals surface area contributed by atoms with Crippen molar-refractivity contribution in [3.63, 3.8) is 0 Å². The molecule has 0 aliphatic rings. The number of hydrogen-bond donors (Lipinski definition) is 0. The van der Waals surface area contributed by atoms with Gasteiger partial charge < -0.3 is 9.97 Å². The molecule has 8 nitrogen and oxygen atoms in total. The molecular weight excluding hydrogens is 2680 g/mol. The van der Waals surface area contributed by atoms with Gasteiger partial charge in [-0.3, -0.25) is 19.9 Å². The van der Waals surface area contributed by atoms with Gasteiger partial charge in [-0.2, -0.15) is 63.7 Å². The maximum absolute atomic E-state index is 4.50. The molecule has 10 aromatic rings. The number of fused-ring (bicyclic) bond motifs is 2. The number of pyridine rings is 4. The second kappa shape index (κ2) is 73.6. The van der Waals surface area contributed by atoms with Crippen molar-refractivity contribution in [1.82, 2.24) is 39.9 Å². The summed E-state index contributed by atoms with van der Waals surface area (Å²) in [5.41, 5.74) is 26.7. The van der Waals surface area contributed by atoms with Gasteiger partial charge in [-0.15, -0.1) is 40.5 Å². The van der Waals surface area contributed by atoms with Crippen molar-refractivity contribution in [2.75, 3.05) is 0 Å². The minimum absolute atomic E-state index is 0. The molecule has 0 saturated heterocycles. The standard InChI is InChI=1S/C13H13.C12H13N.C9H11.2C8H10N.C8H11N.2C7H10N2.6C2H6.8Pt/c1-9-8-10(2)12-6-4-5-7-13(12)11(9)3;1-8-9(2)13-10(3)12-7-5-4-6-11(8)12;1-7-4-5-8(2)9(3)6-7;1-6-4-8(3)9-5-7(6)2;1-6-4-7(2)8(3)9-5-6;1-6-4-5-7(2)9-8(6)3;1-5-4-8-6(2)7(3)9-5;1-5-4-8-7(3)9-6(5)2;6*1-2;;;;;;;;/h2*4-7H,1-3H3;4-5H,1-3H3;2*5H,1-3H3;4-5H,1-3H3;2*4H,1-3H3;6*1-2H3;;;;;;;;/q-1;;3*-1;;;;;;;;;;;;;;;;;. The Bertz CT molecular complexity index is 3180. The SMILES string of the molecule is CC.CC.CC.CC.CC.CC.Cc1[c-]c(C)c(C)cc1.Cc1[c-]c(C)c(C)cn1.Cc1[c-]c(C)c(C)nc1.Cc1[c-]c(C)c2ccccc2c1C.Cc1ccc(C)c(C)n1.Cc1cnc(C)c(C)n1.Cc1nc(C)c2ccccc2c1C.Cc1ncc(C)c(C)n1.[Pt].[Pt].[Pt].[Pt].[Pt].[Pt].[Pt].[Pt]. The summed E-state index contributed by atoms with van der Waals surface area (Å²) in [5.74, 6) is 0.845. The molecule has 0 atom stereocenters. The monoisotopic (exact) mass is 2800 g/mol. The van der Waals surface area contributed by atoms with Crippen molar-refractivity contribution in [3.8, 4) is 0 Å². The zero-order valence-corrected chi connectivity index (χ0v) is 85.5. The smallest absolute Gasteiger partial charge is 0.125 e. The van der Waals surface area contributed by atoms with Gasteiger partial charge in [-0.05, 0) is 118 Å². The summed E-state index contributed by atoms with van der Waals surface area (Å²) in [6, 6.07) is 38.2. The summed E-state index contributed by atoms with van der Waals surface area (Å²) in [5, 5.41) is 5.28. The van der Waals surface area contributed by atoms with Crippen LogP contribution in [0.3, 0.4) is 0 Å². The minimum Gasteiger partial charge on any atom is -0.387 e. The molecule has 0 amide bonds. The number of benzene rings is 4. The van der Waals surface area contributed by atoms with Crippen molar-refractivity contribution in [2.24, 2.45) is 0 Å². The second-order valence-corrected chi connectivity index (χ2v) is 20.7. The Morgan fingerprint density at radius 1 is 0.230 bits per heavy atom. The Hall–Kier alpha value is -2.33. The van der Waals surface area contributed by atoms with E-state index in [1.165, 1.54) is 77.2 Å². The molecule has 584 valence electrons. The van der Waals surface area contributed by atoms with Crippen LogP contribution in [0.2, 0.25) is 0 Å². The number of aryl methyl sites for hydroxylation is 24. The van der Waals surface area contributed by atoms with Gasteiger partial charge in [0.15, 0.2) is 0 Å². The number of hydrogen-bond acceptors (Lipinski definition) is 8. The molecule has 100 heavy (non-hydrogen) atoms. The molecule has 0 bridgehead atoms. The average Bonchev–Trinajstić information content (AvgIpc) is 0.810. The molecule has 4 aromatic carbocycles. The molecule has 0 spiro atoms. The van der Waals surface area contributed by atoms with Crippen LogP contribution in [0.5, 0.6) is 0 Å². The van der Waals surface area contributed by atoms with E-state index in [2.05, 4.69) is 200 Å². The van der Waals surface area contributed by atoms with Crippen molar-refractivity contribution >= 4 is 21.5 Å². The predicted octanol–water partition coefficient (Wildman–Crippen LogP) is 23.7. The van der Waals surface area contributed by atoms with Crippen molar-refractivity contribution in [3.05, 3.63) is 257 Å². The topological polar surface area (TPSA) is 103 Å². The Balaban J connectivity index is -0.0000000859. The predicted molar refractivity (Wildman–Crippen MR) is 406 cm³/mol. The normalized spacial score (nSPS) is 8.36. The third-order valence-electron chi connectivity index (χ3n) is 13.8. The second-order valence-electron chi connectivity index (χ2n) is 20.7. The van der Waals surface area contributed by atoms with Crippen LogP contribution in [-0.2, 0) is 169 Å². The molecule has 0 radical (unpaired) electrons. The summed E-state index contributed by atoms with van der Waals surface area (Å²) in [7, 11) is 0. The number of rotatable bonds is 0. The van der Waals surface area contributed by atoms with E-state index in [-0.39, 0.29) is 169 Å². The van der Waals surface area contributed by atoms with E-state index in [4.69, 9.17) is 0 Å². The van der Waals surface area contributed by atoms with E-state index >= 15 is 0 Å². The fourth-order valence-electron chi connectivity index (χ4n) is 7.77. The summed E-state index contributed by atoms with van der Waals surface area (Å²) < 4.78 is 0. The molecule has 0 aliphatic heterocycles. The Kier molecular flexibility index (Phi) is 91.5. The first kappa shape index (κ1) is 124. The van der Waals surface area contributed by atoms with E-state index in [0.717, 1.165) is 79.5 Å². The van der Waals surface area contributed by atoms with E-state index in [1.54, 1.807) is 6.20 Å². The zero-order chi connectivity index (χ0) is 72.0. The van der Waals surface area contributed by atoms with E-state index in [0.29, 0.717) is 0 Å². The Morgan fingerprint density at radius 3 is 1.05 bits per heavy atom. The number of aromatic nitrogens is 8. The molecular formula is C84H124N8Pt8-4. The molecule has 0 saturated carbocycles. The zero-order valence-electron chi connectivity index (χ0n) is 67.3. The Morgan fingerprint density at radius 2 is 0.650 bits per heavy atom.